The van der Waals surface area contributed by atoms with E-state index in [0.717, 1.165) is 50.4 Å². The third kappa shape index (κ3) is 4.39. The van der Waals surface area contributed by atoms with Crippen molar-refractivity contribution in [1.82, 2.24) is 19.1 Å². The first-order valence-corrected chi connectivity index (χ1v) is 19.4. The van der Waals surface area contributed by atoms with E-state index in [1.807, 2.05) is 29.5 Å². The molecule has 0 saturated carbocycles. The molecule has 0 unspecified atom stereocenters. The molecule has 0 saturated heterocycles. The largest absolute Gasteiger partial charge is 0.307 e. The summed E-state index contributed by atoms with van der Waals surface area (Å²) < 4.78 is 7.60. The summed E-state index contributed by atoms with van der Waals surface area (Å²) in [5.74, 6) is 0.720. The molecule has 0 N–H and O–H groups in total. The molecular weight excluding hydrogens is 689 g/mol. The molecular formula is C50H30N4S. The Kier molecular flexibility index (Phi) is 6.47. The molecule has 12 rings (SSSR count). The summed E-state index contributed by atoms with van der Waals surface area (Å²) in [5, 5.41) is 8.66. The maximum Gasteiger partial charge on any atom is 0.160 e. The first kappa shape index (κ1) is 30.4. The van der Waals surface area contributed by atoms with Crippen LogP contribution in [0.2, 0.25) is 0 Å². The van der Waals surface area contributed by atoms with Crippen LogP contribution in [-0.4, -0.2) is 19.1 Å². The summed E-state index contributed by atoms with van der Waals surface area (Å²) in [5.41, 5.74) is 10.8. The van der Waals surface area contributed by atoms with Crippen LogP contribution in [0.15, 0.2) is 182 Å². The highest BCUT2D eigenvalue weighted by Gasteiger charge is 2.27. The monoisotopic (exact) mass is 718 g/mol. The van der Waals surface area contributed by atoms with E-state index in [1.165, 1.54) is 58.3 Å². The molecule has 55 heavy (non-hydrogen) atoms. The van der Waals surface area contributed by atoms with E-state index >= 15 is 0 Å². The molecule has 12 aromatic rings. The van der Waals surface area contributed by atoms with E-state index in [4.69, 9.17) is 9.97 Å². The van der Waals surface area contributed by atoms with E-state index in [0.29, 0.717) is 0 Å². The molecule has 4 nitrogen and oxygen atoms in total. The fourth-order valence-electron chi connectivity index (χ4n) is 8.78. The van der Waals surface area contributed by atoms with Gasteiger partial charge in [0, 0.05) is 69.6 Å². The lowest BCUT2D eigenvalue weighted by atomic mass is 10.0. The highest BCUT2D eigenvalue weighted by Crippen LogP contribution is 2.51. The highest BCUT2D eigenvalue weighted by molar-refractivity contribution is 7.27. The molecule has 0 atom stereocenters. The Labute approximate surface area is 319 Å². The SMILES string of the molecule is c1ccc(-c2nc(-c3ccccc3)c3cc(-n4c5ccccc5c5c6c7ccccc7sc6c6c7ccccc7n(-c7ccccc7)c6c54)ccc3n2)cc1. The van der Waals surface area contributed by atoms with E-state index in [-0.39, 0.29) is 0 Å². The van der Waals surface area contributed by atoms with Crippen LogP contribution in [0.1, 0.15) is 0 Å². The first-order valence-electron chi connectivity index (χ1n) is 18.6. The second-order valence-electron chi connectivity index (χ2n) is 14.1. The van der Waals surface area contributed by atoms with Crippen LogP contribution >= 0.6 is 11.3 Å². The van der Waals surface area contributed by atoms with Crippen molar-refractivity contribution in [2.75, 3.05) is 0 Å². The Hall–Kier alpha value is -7.08. The van der Waals surface area contributed by atoms with E-state index in [2.05, 4.69) is 173 Å². The van der Waals surface area contributed by atoms with E-state index in [1.54, 1.807) is 0 Å². The summed E-state index contributed by atoms with van der Waals surface area (Å²) in [4.78, 5) is 10.4. The number of hydrogen-bond acceptors (Lipinski definition) is 3. The minimum Gasteiger partial charge on any atom is -0.307 e. The van der Waals surface area contributed by atoms with Crippen molar-refractivity contribution in [1.29, 1.82) is 0 Å². The van der Waals surface area contributed by atoms with Gasteiger partial charge in [0.1, 0.15) is 0 Å². The Morgan fingerprint density at radius 3 is 1.69 bits per heavy atom. The number of hydrogen-bond donors (Lipinski definition) is 0. The van der Waals surface area contributed by atoms with Gasteiger partial charge < -0.3 is 9.13 Å². The highest BCUT2D eigenvalue weighted by atomic mass is 32.1. The van der Waals surface area contributed by atoms with Gasteiger partial charge in [0.15, 0.2) is 5.82 Å². The third-order valence-electron chi connectivity index (χ3n) is 11.1. The van der Waals surface area contributed by atoms with E-state index in [9.17, 15) is 0 Å². The minimum atomic E-state index is 0.720. The van der Waals surface area contributed by atoms with Gasteiger partial charge in [-0.05, 0) is 48.5 Å². The Balaban J connectivity index is 1.29. The van der Waals surface area contributed by atoms with Crippen molar-refractivity contribution >= 4 is 86.0 Å². The Bertz CT molecular complexity index is 3470. The second-order valence-corrected chi connectivity index (χ2v) is 15.2. The molecule has 0 spiro atoms. The van der Waals surface area contributed by atoms with Gasteiger partial charge >= 0.3 is 0 Å². The van der Waals surface area contributed by atoms with Crippen molar-refractivity contribution in [2.24, 2.45) is 0 Å². The zero-order valence-electron chi connectivity index (χ0n) is 29.5. The summed E-state index contributed by atoms with van der Waals surface area (Å²) in [6.45, 7) is 0. The number of fused-ring (bicyclic) bond motifs is 13. The summed E-state index contributed by atoms with van der Waals surface area (Å²) in [6.07, 6.45) is 0. The number of rotatable bonds is 4. The predicted octanol–water partition coefficient (Wildman–Crippen LogP) is 13.5. The molecule has 5 heteroatoms. The van der Waals surface area contributed by atoms with Gasteiger partial charge in [-0.1, -0.05) is 133 Å². The number of nitrogens with zero attached hydrogens (tertiary/aromatic N) is 4. The van der Waals surface area contributed by atoms with Crippen molar-refractivity contribution in [3.63, 3.8) is 0 Å². The van der Waals surface area contributed by atoms with Crippen LogP contribution in [0.4, 0.5) is 0 Å². The normalized spacial score (nSPS) is 12.0. The molecule has 0 bridgehead atoms. The quantitative estimate of drug-likeness (QED) is 0.182. The zero-order chi connectivity index (χ0) is 36.0. The average Bonchev–Trinajstić information content (AvgIpc) is 3.92. The summed E-state index contributed by atoms with van der Waals surface area (Å²) in [6, 6.07) is 65.0. The topological polar surface area (TPSA) is 35.6 Å². The maximum atomic E-state index is 5.27. The molecule has 0 aliphatic carbocycles. The lowest BCUT2D eigenvalue weighted by molar-refractivity contribution is 1.15. The van der Waals surface area contributed by atoms with Gasteiger partial charge in [-0.15, -0.1) is 11.3 Å². The van der Waals surface area contributed by atoms with Crippen LogP contribution < -0.4 is 0 Å². The average molecular weight is 719 g/mol. The van der Waals surface area contributed by atoms with Crippen molar-refractivity contribution in [3.05, 3.63) is 182 Å². The van der Waals surface area contributed by atoms with Crippen molar-refractivity contribution in [2.45, 2.75) is 0 Å². The molecule has 0 aliphatic rings. The van der Waals surface area contributed by atoms with Crippen LogP contribution in [0.5, 0.6) is 0 Å². The van der Waals surface area contributed by atoms with Crippen LogP contribution in [0.25, 0.3) is 109 Å². The lowest BCUT2D eigenvalue weighted by Crippen LogP contribution is -2.00. The van der Waals surface area contributed by atoms with Crippen molar-refractivity contribution in [3.8, 4) is 34.0 Å². The van der Waals surface area contributed by atoms with Gasteiger partial charge in [-0.25, -0.2) is 9.97 Å². The standard InChI is InChI=1S/C50H30N4S/c1-4-16-31(17-5-1)46-38-30-34(28-29-39(38)51-50(52-46)32-18-6-2-7-19-32)54-40-25-13-10-22-35(40)43-44-37-24-12-15-27-42(37)55-49(44)45-36-23-11-14-26-41(36)53(48(45)47(43)54)33-20-8-3-9-21-33/h1-30H. The third-order valence-corrected chi connectivity index (χ3v) is 12.3. The predicted molar refractivity (Wildman–Crippen MR) is 232 cm³/mol. The van der Waals surface area contributed by atoms with Gasteiger partial charge in [0.25, 0.3) is 0 Å². The molecule has 0 radical (unpaired) electrons. The lowest BCUT2D eigenvalue weighted by Gasteiger charge is -2.15. The van der Waals surface area contributed by atoms with Gasteiger partial charge in [0.2, 0.25) is 0 Å². The number of para-hydroxylation sites is 3. The maximum absolute atomic E-state index is 5.27. The smallest absolute Gasteiger partial charge is 0.160 e. The van der Waals surface area contributed by atoms with E-state index < -0.39 is 0 Å². The first-order chi connectivity index (χ1) is 27.3. The number of benzene rings is 8. The molecule has 4 heterocycles. The van der Waals surface area contributed by atoms with Crippen LogP contribution in [0.3, 0.4) is 0 Å². The molecule has 8 aromatic carbocycles. The zero-order valence-corrected chi connectivity index (χ0v) is 30.3. The van der Waals surface area contributed by atoms with Crippen LogP contribution in [0, 0.1) is 0 Å². The minimum absolute atomic E-state index is 0.720. The molecule has 0 amide bonds. The number of thiophene rings is 1. The second kappa shape index (κ2) is 11.7. The fourth-order valence-corrected chi connectivity index (χ4v) is 10.1. The molecule has 0 aliphatic heterocycles. The summed E-state index contributed by atoms with van der Waals surface area (Å²) >= 11 is 1.90. The molecule has 4 aromatic heterocycles. The Morgan fingerprint density at radius 1 is 0.400 bits per heavy atom. The van der Waals surface area contributed by atoms with Gasteiger partial charge in [0.05, 0.1) is 33.3 Å². The van der Waals surface area contributed by atoms with Crippen molar-refractivity contribution < 1.29 is 0 Å². The summed E-state index contributed by atoms with van der Waals surface area (Å²) in [7, 11) is 0. The van der Waals surface area contributed by atoms with Crippen LogP contribution in [-0.2, 0) is 0 Å². The number of aromatic nitrogens is 4. The Morgan fingerprint density at radius 2 is 0.964 bits per heavy atom. The fraction of sp³-hybridized carbons (Fsp3) is 0. The van der Waals surface area contributed by atoms with Gasteiger partial charge in [-0.2, -0.15) is 0 Å². The van der Waals surface area contributed by atoms with Gasteiger partial charge in [-0.3, -0.25) is 0 Å². The molecule has 256 valence electrons. The molecule has 0 fully saturated rings.